The molecular weight excluding hydrogens is 1760 g/mol. The molecular formula is C113H121BN7NaO15P. The number of nitrogens with two attached hydrogens (primary N) is 1. The van der Waals surface area contributed by atoms with E-state index in [1.165, 1.54) is 46.8 Å². The standard InChI is InChI=1S/C17H19NO.2C16H17NO.C15H13NO3.2C15H15NO.C11H16NO5P.C8H8O2.B.Na.H/c1-18(2)16-10-6-14(7-11-16)4-5-15-8-12-17(19-3)13-9-15;1-17-15-9-5-13(6-10-15)3-4-14-7-11-16(18-2)12-8-14;1-17(2)15-9-5-13(6-10-15)3-4-14-7-11-16(18)12-8-14;1-19-15-10-6-13(7-11-15)3-2-12-4-8-14(9-5-12)16(17)18;1-17-15-10-6-13(7-11-15)3-2-12-4-8-14(16)9-5-12;1-16-14-8-4-12(5-9-14)2-3-13-6-10-15(17)11-7-13;1-3-16-18(15,17-4-2)9-10-5-7-11(8-6-10)12(13)14;1-10-8-4-2-7(6-9)3-5-8;;;/h4-13H,1-3H3;3-12,17H,1-2H3;3-12,18H,1-2H3;2-11H,1H3;2-11H,16H2,1H3;2-11,16-17H,1H3;5-8H,3-4,9H2,1-2H3;2-6H,1H3;;;/q;;;;;;;;;+1;-1/b5-4+;2*4-3+;3*3-2+;;;;;. The maximum atomic E-state index is 12.2. The number of carbonyl (C=O) groups excluding carboxylic acids is 1. The van der Waals surface area contributed by atoms with Crippen molar-refractivity contribution in [3.63, 3.8) is 0 Å². The topological polar surface area (TPSA) is 282 Å². The van der Waals surface area contributed by atoms with Crippen molar-refractivity contribution < 1.29 is 93.1 Å². The van der Waals surface area contributed by atoms with Crippen LogP contribution in [0.15, 0.2) is 340 Å². The number of carbonyl (C=O) groups is 1. The molecule has 22 nitrogen and oxygen atoms in total. The smallest absolute Gasteiger partial charge is 1.00 e. The summed E-state index contributed by atoms with van der Waals surface area (Å²) in [5.41, 5.74) is 25.9. The van der Waals surface area contributed by atoms with E-state index in [1.807, 2.05) is 230 Å². The van der Waals surface area contributed by atoms with Gasteiger partial charge in [0.05, 0.1) is 64.8 Å². The van der Waals surface area contributed by atoms with Gasteiger partial charge in [-0.05, 0) is 256 Å². The molecule has 0 heterocycles. The van der Waals surface area contributed by atoms with Crippen LogP contribution in [0.2, 0.25) is 0 Å². The Bertz CT molecular complexity index is 5930. The fourth-order valence-electron chi connectivity index (χ4n) is 11.9. The quantitative estimate of drug-likeness (QED) is 0.00532. The minimum absolute atomic E-state index is 0. The number of nitro groups is 2. The van der Waals surface area contributed by atoms with E-state index in [2.05, 4.69) is 148 Å². The Balaban J connectivity index is 0.000000332. The third kappa shape index (κ3) is 43.4. The summed E-state index contributed by atoms with van der Waals surface area (Å²) in [6.45, 7) is 4.07. The molecule has 14 aromatic rings. The maximum absolute atomic E-state index is 12.2. The number of methoxy groups -OCH3 is 5. The monoisotopic (exact) mass is 1880 g/mol. The second-order valence-electron chi connectivity index (χ2n) is 29.9. The van der Waals surface area contributed by atoms with Crippen molar-refractivity contribution in [1.29, 1.82) is 0 Å². The first-order valence-corrected chi connectivity index (χ1v) is 45.1. The average molecular weight is 1880 g/mol. The van der Waals surface area contributed by atoms with Gasteiger partial charge in [0.1, 0.15) is 46.5 Å². The van der Waals surface area contributed by atoms with E-state index in [0.717, 1.165) is 108 Å². The number of rotatable bonds is 30. The summed E-state index contributed by atoms with van der Waals surface area (Å²) >= 11 is 0. The third-order valence-corrected chi connectivity index (χ3v) is 21.8. The second kappa shape index (κ2) is 63.1. The fourth-order valence-corrected chi connectivity index (χ4v) is 13.6. The van der Waals surface area contributed by atoms with Crippen LogP contribution >= 0.6 is 7.60 Å². The molecule has 25 heteroatoms. The number of phenols is 2. The van der Waals surface area contributed by atoms with Gasteiger partial charge in [-0.3, -0.25) is 29.6 Å². The summed E-state index contributed by atoms with van der Waals surface area (Å²) < 4.78 is 47.9. The predicted octanol–water partition coefficient (Wildman–Crippen LogP) is 23.9. The number of nitro benzene ring substituents is 2. The van der Waals surface area contributed by atoms with Gasteiger partial charge in [0, 0.05) is 109 Å². The molecule has 0 aromatic heterocycles. The molecule has 0 spiro atoms. The largest absolute Gasteiger partial charge is 1.00 e. The Hall–Kier alpha value is -15.2. The number of aldehydes is 1. The molecule has 6 N–H and O–H groups in total. The van der Waals surface area contributed by atoms with Crippen LogP contribution in [0.4, 0.5) is 39.8 Å². The molecule has 14 rings (SSSR count). The van der Waals surface area contributed by atoms with Crippen molar-refractivity contribution in [1.82, 2.24) is 0 Å². The zero-order valence-corrected chi connectivity index (χ0v) is 83.4. The minimum Gasteiger partial charge on any atom is -1.00 e. The molecule has 0 fully saturated rings. The van der Waals surface area contributed by atoms with Gasteiger partial charge < -0.3 is 70.5 Å². The van der Waals surface area contributed by atoms with Gasteiger partial charge in [-0.15, -0.1) is 0 Å². The molecule has 707 valence electrons. The Morgan fingerprint density at radius 2 is 0.529 bits per heavy atom. The van der Waals surface area contributed by atoms with Crippen LogP contribution < -0.4 is 79.4 Å². The fraction of sp³-hybridized carbons (Fsp3) is 0.142. The van der Waals surface area contributed by atoms with Gasteiger partial charge in [0.25, 0.3) is 11.4 Å². The summed E-state index contributed by atoms with van der Waals surface area (Å²) in [4.78, 5) is 34.5. The van der Waals surface area contributed by atoms with Gasteiger partial charge >= 0.3 is 37.2 Å². The number of nitrogens with zero attached hydrogens (tertiary/aromatic N) is 4. The molecule has 0 amide bonds. The second-order valence-corrected chi connectivity index (χ2v) is 32.0. The van der Waals surface area contributed by atoms with E-state index in [1.54, 1.807) is 122 Å². The van der Waals surface area contributed by atoms with Crippen LogP contribution in [0, 0.1) is 20.2 Å². The molecule has 138 heavy (non-hydrogen) atoms. The first-order chi connectivity index (χ1) is 65.8. The molecule has 3 radical (unpaired) electrons. The Kier molecular flexibility index (Phi) is 51.8. The zero-order chi connectivity index (χ0) is 98.3. The van der Waals surface area contributed by atoms with E-state index >= 15 is 0 Å². The predicted molar refractivity (Wildman–Crippen MR) is 572 cm³/mol. The molecule has 0 unspecified atom stereocenters. The molecule has 14 aromatic carbocycles. The number of hydrogen-bond acceptors (Lipinski definition) is 20. The Morgan fingerprint density at radius 3 is 0.732 bits per heavy atom. The van der Waals surface area contributed by atoms with E-state index in [4.69, 9.17) is 43.6 Å². The molecule has 0 aliphatic carbocycles. The molecule has 0 aliphatic rings. The van der Waals surface area contributed by atoms with Gasteiger partial charge in [0.15, 0.2) is 0 Å². The first kappa shape index (κ1) is 113. The number of hydrogen-bond donors (Lipinski definition) is 5. The molecule has 0 bridgehead atoms. The van der Waals surface area contributed by atoms with Crippen molar-refractivity contribution in [2.75, 3.05) is 117 Å². The van der Waals surface area contributed by atoms with Crippen LogP contribution in [0.1, 0.15) is 98.0 Å². The van der Waals surface area contributed by atoms with Crippen LogP contribution in [0.5, 0.6) is 40.2 Å². The van der Waals surface area contributed by atoms with Gasteiger partial charge in [-0.2, -0.15) is 0 Å². The van der Waals surface area contributed by atoms with Crippen molar-refractivity contribution in [3.05, 3.63) is 438 Å². The van der Waals surface area contributed by atoms with Crippen LogP contribution in [0.25, 0.3) is 72.9 Å². The van der Waals surface area contributed by atoms with Gasteiger partial charge in [0.2, 0.25) is 0 Å². The van der Waals surface area contributed by atoms with Crippen molar-refractivity contribution in [2.45, 2.75) is 20.0 Å². The number of non-ortho nitro benzene ring substituents is 2. The van der Waals surface area contributed by atoms with Gasteiger partial charge in [-0.1, -0.05) is 219 Å². The zero-order valence-electron chi connectivity index (χ0n) is 81.6. The van der Waals surface area contributed by atoms with Crippen molar-refractivity contribution in [3.8, 4) is 40.2 Å². The van der Waals surface area contributed by atoms with E-state index in [9.17, 15) is 34.7 Å². The summed E-state index contributed by atoms with van der Waals surface area (Å²) in [7, 11) is 17.1. The molecule has 0 aliphatic heterocycles. The number of anilines is 5. The Labute approximate surface area is 837 Å². The molecule has 0 atom stereocenters. The number of nitrogens with one attached hydrogen (secondary N) is 2. The third-order valence-electron chi connectivity index (χ3n) is 19.7. The number of ether oxygens (including phenoxy) is 5. The van der Waals surface area contributed by atoms with Crippen LogP contribution in [0.3, 0.4) is 0 Å². The summed E-state index contributed by atoms with van der Waals surface area (Å²) in [5.74, 6) is 4.80. The maximum Gasteiger partial charge on any atom is 1.00 e. The minimum atomic E-state index is -3.15. The molecule has 0 saturated carbocycles. The normalized spacial score (nSPS) is 10.5. The molecule has 0 saturated heterocycles. The average Bonchev–Trinajstić information content (AvgIpc) is 0.858. The number of benzene rings is 14. The first-order valence-electron chi connectivity index (χ1n) is 43.4. The number of aromatic hydroxyl groups is 2. The van der Waals surface area contributed by atoms with Crippen LogP contribution in [-0.4, -0.2) is 126 Å². The summed E-state index contributed by atoms with van der Waals surface area (Å²) in [5, 5.41) is 45.6. The van der Waals surface area contributed by atoms with E-state index in [0.29, 0.717) is 35.8 Å². The SMILES string of the molecule is CCOP(=O)(Cc1ccc([N+](=O)[O-])cc1)OCC.CN(C)c1ccc(/C=C/c2ccc(O)cc2)cc1.CNc1ccc(/C=C/c2ccc(O)cc2)cc1.CNc1ccc(/C=C/c2ccc(OC)cc2)cc1.COc1ccc(/C=C/c2ccc(N(C)C)cc2)cc1.COc1ccc(/C=C/c2ccc(N)cc2)cc1.COc1ccc(/C=C/c2ccc([N+](=O)[O-])cc2)cc1.COc1ccc(C=O)cc1.[B].[H-].[Na+]. The number of phenolic OH excluding ortho intramolecular Hbond substituents is 2. The van der Waals surface area contributed by atoms with Gasteiger partial charge in [-0.25, -0.2) is 0 Å². The van der Waals surface area contributed by atoms with Crippen molar-refractivity contribution >= 4 is 135 Å². The van der Waals surface area contributed by atoms with E-state index in [-0.39, 0.29) is 56.9 Å². The van der Waals surface area contributed by atoms with Crippen LogP contribution in [-0.2, 0) is 19.8 Å². The number of nitrogen functional groups attached to an aromatic ring is 1. The Morgan fingerprint density at radius 1 is 0.333 bits per heavy atom. The summed E-state index contributed by atoms with van der Waals surface area (Å²) in [6.07, 6.45) is 25.5. The van der Waals surface area contributed by atoms with Crippen molar-refractivity contribution in [2.24, 2.45) is 0 Å². The summed E-state index contributed by atoms with van der Waals surface area (Å²) in [6, 6.07) is 106. The van der Waals surface area contributed by atoms with E-state index < -0.39 is 17.4 Å².